The van der Waals surface area contributed by atoms with Gasteiger partial charge in [-0.3, -0.25) is 0 Å². The highest BCUT2D eigenvalue weighted by atomic mass is 79.9. The zero-order chi connectivity index (χ0) is 14.0. The smallest absolute Gasteiger partial charge is 0.133 e. The van der Waals surface area contributed by atoms with E-state index in [2.05, 4.69) is 54.2 Å². The molecule has 0 saturated heterocycles. The van der Waals surface area contributed by atoms with E-state index in [1.807, 2.05) is 6.07 Å². The van der Waals surface area contributed by atoms with Gasteiger partial charge < -0.3 is 10.1 Å². The fraction of sp³-hybridized carbons (Fsp3) is 0.625. The van der Waals surface area contributed by atoms with Gasteiger partial charge in [-0.1, -0.05) is 19.9 Å². The maximum absolute atomic E-state index is 5.27. The summed E-state index contributed by atoms with van der Waals surface area (Å²) in [5, 5.41) is 3.75. The summed E-state index contributed by atoms with van der Waals surface area (Å²) < 4.78 is 6.29. The van der Waals surface area contributed by atoms with Gasteiger partial charge in [-0.15, -0.1) is 0 Å². The number of ether oxygens (including phenoxy) is 1. The molecule has 3 heteroatoms. The van der Waals surface area contributed by atoms with Gasteiger partial charge in [0.1, 0.15) is 5.75 Å². The first-order chi connectivity index (χ1) is 8.91. The van der Waals surface area contributed by atoms with E-state index in [1.165, 1.54) is 24.8 Å². The molecule has 0 aliphatic heterocycles. The van der Waals surface area contributed by atoms with Crippen LogP contribution in [-0.4, -0.2) is 13.2 Å². The van der Waals surface area contributed by atoms with Gasteiger partial charge in [-0.25, -0.2) is 0 Å². The molecule has 1 fully saturated rings. The Balaban J connectivity index is 2.00. The second-order valence-electron chi connectivity index (χ2n) is 6.39. The molecular formula is C16H24BrNO. The largest absolute Gasteiger partial charge is 0.496 e. The summed E-state index contributed by atoms with van der Waals surface area (Å²) in [5.74, 6) is 0.887. The summed E-state index contributed by atoms with van der Waals surface area (Å²) in [6.45, 7) is 6.96. The van der Waals surface area contributed by atoms with E-state index in [-0.39, 0.29) is 0 Å². The number of methoxy groups -OCH3 is 1. The standard InChI is InChI=1S/C16H24BrNO/c1-11(18-13-7-8-16(2,3)10-13)12-5-6-15(19-4)14(17)9-12/h5-6,9,11,13,18H,7-8,10H2,1-4H3. The van der Waals surface area contributed by atoms with Crippen LogP contribution in [0.2, 0.25) is 0 Å². The van der Waals surface area contributed by atoms with E-state index in [9.17, 15) is 0 Å². The molecule has 1 saturated carbocycles. The predicted octanol–water partition coefficient (Wildman–Crippen LogP) is 4.69. The summed E-state index contributed by atoms with van der Waals surface area (Å²) in [7, 11) is 1.70. The number of benzene rings is 1. The molecule has 0 radical (unpaired) electrons. The first-order valence-electron chi connectivity index (χ1n) is 7.01. The third kappa shape index (κ3) is 3.73. The third-order valence-corrected chi connectivity index (χ3v) is 4.75. The van der Waals surface area contributed by atoms with E-state index in [1.54, 1.807) is 7.11 Å². The molecule has 2 atom stereocenters. The van der Waals surface area contributed by atoms with Crippen molar-refractivity contribution >= 4 is 15.9 Å². The Kier molecular flexibility index (Phi) is 4.57. The molecule has 1 aliphatic carbocycles. The molecule has 0 spiro atoms. The molecular weight excluding hydrogens is 302 g/mol. The van der Waals surface area contributed by atoms with Crippen molar-refractivity contribution < 1.29 is 4.74 Å². The maximum atomic E-state index is 5.27. The topological polar surface area (TPSA) is 21.3 Å². The Morgan fingerprint density at radius 3 is 2.68 bits per heavy atom. The highest BCUT2D eigenvalue weighted by molar-refractivity contribution is 9.10. The van der Waals surface area contributed by atoms with Crippen molar-refractivity contribution in [3.05, 3.63) is 28.2 Å². The van der Waals surface area contributed by atoms with Crippen LogP contribution in [0.25, 0.3) is 0 Å². The summed E-state index contributed by atoms with van der Waals surface area (Å²) in [5.41, 5.74) is 1.80. The average molecular weight is 326 g/mol. The van der Waals surface area contributed by atoms with E-state index in [0.29, 0.717) is 17.5 Å². The number of nitrogens with one attached hydrogen (secondary N) is 1. The minimum atomic E-state index is 0.376. The van der Waals surface area contributed by atoms with E-state index < -0.39 is 0 Å². The molecule has 2 rings (SSSR count). The van der Waals surface area contributed by atoms with Crippen LogP contribution in [0.5, 0.6) is 5.75 Å². The summed E-state index contributed by atoms with van der Waals surface area (Å²) in [6, 6.07) is 7.33. The van der Waals surface area contributed by atoms with Crippen molar-refractivity contribution in [2.45, 2.75) is 52.1 Å². The van der Waals surface area contributed by atoms with Crippen molar-refractivity contribution in [3.8, 4) is 5.75 Å². The maximum Gasteiger partial charge on any atom is 0.133 e. The second kappa shape index (κ2) is 5.84. The molecule has 1 N–H and O–H groups in total. The number of hydrogen-bond acceptors (Lipinski definition) is 2. The van der Waals surface area contributed by atoms with Crippen molar-refractivity contribution in [2.75, 3.05) is 7.11 Å². The van der Waals surface area contributed by atoms with Gasteiger partial charge in [0, 0.05) is 12.1 Å². The molecule has 1 aromatic carbocycles. The monoisotopic (exact) mass is 325 g/mol. The average Bonchev–Trinajstić information content (AvgIpc) is 2.68. The first kappa shape index (κ1) is 14.9. The zero-order valence-corrected chi connectivity index (χ0v) is 13.9. The van der Waals surface area contributed by atoms with Gasteiger partial charge in [-0.05, 0) is 65.2 Å². The molecule has 19 heavy (non-hydrogen) atoms. The molecule has 0 aromatic heterocycles. The molecule has 1 aliphatic rings. The van der Waals surface area contributed by atoms with Crippen LogP contribution in [0.1, 0.15) is 51.6 Å². The van der Waals surface area contributed by atoms with Crippen molar-refractivity contribution in [1.82, 2.24) is 5.32 Å². The quantitative estimate of drug-likeness (QED) is 0.867. The molecule has 106 valence electrons. The van der Waals surface area contributed by atoms with Crippen molar-refractivity contribution in [2.24, 2.45) is 5.41 Å². The van der Waals surface area contributed by atoms with E-state index in [0.717, 1.165) is 10.2 Å². The van der Waals surface area contributed by atoms with Crippen LogP contribution < -0.4 is 10.1 Å². The van der Waals surface area contributed by atoms with Gasteiger partial charge in [0.25, 0.3) is 0 Å². The Hall–Kier alpha value is -0.540. The fourth-order valence-corrected chi connectivity index (χ4v) is 3.54. The Bertz CT molecular complexity index is 444. The third-order valence-electron chi connectivity index (χ3n) is 4.13. The second-order valence-corrected chi connectivity index (χ2v) is 7.24. The Labute approximate surface area is 125 Å². The Morgan fingerprint density at radius 2 is 2.16 bits per heavy atom. The minimum absolute atomic E-state index is 0.376. The lowest BCUT2D eigenvalue weighted by Crippen LogP contribution is -2.30. The van der Waals surface area contributed by atoms with Gasteiger partial charge in [0.05, 0.1) is 11.6 Å². The SMILES string of the molecule is COc1ccc(C(C)NC2CCC(C)(C)C2)cc1Br. The zero-order valence-electron chi connectivity index (χ0n) is 12.3. The minimum Gasteiger partial charge on any atom is -0.496 e. The lowest BCUT2D eigenvalue weighted by molar-refractivity contribution is 0.356. The van der Waals surface area contributed by atoms with Crippen LogP contribution in [0.15, 0.2) is 22.7 Å². The fourth-order valence-electron chi connectivity index (χ4n) is 2.98. The molecule has 0 bridgehead atoms. The number of hydrogen-bond donors (Lipinski definition) is 1. The summed E-state index contributed by atoms with van der Waals surface area (Å²) >= 11 is 3.55. The molecule has 1 aromatic rings. The first-order valence-corrected chi connectivity index (χ1v) is 7.80. The lowest BCUT2D eigenvalue weighted by atomic mass is 9.91. The number of rotatable bonds is 4. The van der Waals surface area contributed by atoms with Gasteiger partial charge >= 0.3 is 0 Å². The van der Waals surface area contributed by atoms with Crippen LogP contribution >= 0.6 is 15.9 Å². The van der Waals surface area contributed by atoms with Gasteiger partial charge in [-0.2, -0.15) is 0 Å². The lowest BCUT2D eigenvalue weighted by Gasteiger charge is -2.22. The molecule has 0 amide bonds. The normalized spacial score (nSPS) is 23.3. The summed E-state index contributed by atoms with van der Waals surface area (Å²) in [6.07, 6.45) is 3.88. The number of halogens is 1. The summed E-state index contributed by atoms with van der Waals surface area (Å²) in [4.78, 5) is 0. The van der Waals surface area contributed by atoms with Gasteiger partial charge in [0.15, 0.2) is 0 Å². The predicted molar refractivity (Wildman–Crippen MR) is 83.7 cm³/mol. The van der Waals surface area contributed by atoms with E-state index >= 15 is 0 Å². The molecule has 2 nitrogen and oxygen atoms in total. The van der Waals surface area contributed by atoms with Crippen LogP contribution in [-0.2, 0) is 0 Å². The highest BCUT2D eigenvalue weighted by Crippen LogP contribution is 2.38. The van der Waals surface area contributed by atoms with Gasteiger partial charge in [0.2, 0.25) is 0 Å². The molecule has 2 unspecified atom stereocenters. The van der Waals surface area contributed by atoms with Crippen LogP contribution in [0.3, 0.4) is 0 Å². The van der Waals surface area contributed by atoms with Crippen molar-refractivity contribution in [1.29, 1.82) is 0 Å². The van der Waals surface area contributed by atoms with Crippen molar-refractivity contribution in [3.63, 3.8) is 0 Å². The molecule has 0 heterocycles. The Morgan fingerprint density at radius 1 is 1.42 bits per heavy atom. The van der Waals surface area contributed by atoms with Crippen LogP contribution in [0.4, 0.5) is 0 Å². The highest BCUT2D eigenvalue weighted by Gasteiger charge is 2.31. The van der Waals surface area contributed by atoms with E-state index in [4.69, 9.17) is 4.74 Å². The van der Waals surface area contributed by atoms with Crippen LogP contribution in [0, 0.1) is 5.41 Å².